The quantitative estimate of drug-likeness (QED) is 0.741. The number of carbonyl (C=O) groups is 1. The summed E-state index contributed by atoms with van der Waals surface area (Å²) in [6.45, 7) is 3.62. The molecule has 2 N–H and O–H groups in total. The Hall–Kier alpha value is -1.30. The molecule has 0 radical (unpaired) electrons. The van der Waals surface area contributed by atoms with E-state index in [9.17, 15) is 4.79 Å². The summed E-state index contributed by atoms with van der Waals surface area (Å²) in [7, 11) is 2.04. The number of amides is 1. The molecule has 130 valence electrons. The highest BCUT2D eigenvalue weighted by Gasteiger charge is 2.18. The van der Waals surface area contributed by atoms with Crippen molar-refractivity contribution in [3.05, 3.63) is 30.3 Å². The number of hydrogen-bond donors (Lipinski definition) is 2. The van der Waals surface area contributed by atoms with Gasteiger partial charge in [-0.15, -0.1) is 12.4 Å². The molecule has 1 aliphatic heterocycles. The number of ether oxygens (including phenoxy) is 1. The Kier molecular flexibility index (Phi) is 9.67. The molecule has 1 aromatic rings. The van der Waals surface area contributed by atoms with Crippen LogP contribution in [0.1, 0.15) is 19.3 Å². The van der Waals surface area contributed by atoms with Crippen molar-refractivity contribution in [3.8, 4) is 5.75 Å². The van der Waals surface area contributed by atoms with E-state index >= 15 is 0 Å². The lowest BCUT2D eigenvalue weighted by Crippen LogP contribution is -2.41. The summed E-state index contributed by atoms with van der Waals surface area (Å²) in [6.07, 6.45) is 3.45. The number of para-hydroxylation sites is 1. The summed E-state index contributed by atoms with van der Waals surface area (Å²) in [5.74, 6) is 0.899. The van der Waals surface area contributed by atoms with E-state index in [1.807, 2.05) is 37.4 Å². The van der Waals surface area contributed by atoms with Crippen LogP contribution in [0.15, 0.2) is 30.3 Å². The predicted octanol–water partition coefficient (Wildman–Crippen LogP) is 1.68. The van der Waals surface area contributed by atoms with Gasteiger partial charge in [0.1, 0.15) is 12.4 Å². The number of halogens is 1. The van der Waals surface area contributed by atoms with Gasteiger partial charge in [-0.05, 0) is 51.5 Å². The number of hydrogen-bond acceptors (Lipinski definition) is 4. The molecule has 5 nitrogen and oxygen atoms in total. The van der Waals surface area contributed by atoms with Crippen molar-refractivity contribution >= 4 is 18.3 Å². The van der Waals surface area contributed by atoms with Gasteiger partial charge in [-0.2, -0.15) is 0 Å². The van der Waals surface area contributed by atoms with Crippen LogP contribution in [0, 0.1) is 0 Å². The van der Waals surface area contributed by atoms with E-state index in [2.05, 4.69) is 15.5 Å². The van der Waals surface area contributed by atoms with Crippen LogP contribution < -0.4 is 15.4 Å². The van der Waals surface area contributed by atoms with E-state index in [-0.39, 0.29) is 18.3 Å². The van der Waals surface area contributed by atoms with E-state index in [1.54, 1.807) is 0 Å². The van der Waals surface area contributed by atoms with Gasteiger partial charge in [-0.3, -0.25) is 9.69 Å². The molecule has 0 bridgehead atoms. The molecular formula is C17H28ClN3O2. The molecule has 0 aliphatic carbocycles. The third kappa shape index (κ3) is 7.68. The highest BCUT2D eigenvalue weighted by atomic mass is 35.5. The third-order valence-corrected chi connectivity index (χ3v) is 4.00. The zero-order valence-electron chi connectivity index (χ0n) is 13.8. The van der Waals surface area contributed by atoms with Crippen LogP contribution in [0.2, 0.25) is 0 Å². The Morgan fingerprint density at radius 2 is 2.09 bits per heavy atom. The van der Waals surface area contributed by atoms with Gasteiger partial charge < -0.3 is 15.4 Å². The summed E-state index contributed by atoms with van der Waals surface area (Å²) in [4.78, 5) is 14.1. The fraction of sp³-hybridized carbons (Fsp3) is 0.588. The number of nitrogens with one attached hydrogen (secondary N) is 2. The van der Waals surface area contributed by atoms with Crippen LogP contribution in [0.5, 0.6) is 5.75 Å². The zero-order chi connectivity index (χ0) is 15.6. The van der Waals surface area contributed by atoms with Crippen molar-refractivity contribution in [1.29, 1.82) is 0 Å². The van der Waals surface area contributed by atoms with Gasteiger partial charge in [0.2, 0.25) is 5.91 Å². The van der Waals surface area contributed by atoms with Gasteiger partial charge in [-0.1, -0.05) is 18.2 Å². The first-order valence-electron chi connectivity index (χ1n) is 8.11. The first-order chi connectivity index (χ1) is 10.8. The van der Waals surface area contributed by atoms with E-state index < -0.39 is 0 Å². The molecular weight excluding hydrogens is 314 g/mol. The average Bonchev–Trinajstić information content (AvgIpc) is 2.82. The Bertz CT molecular complexity index is 437. The number of benzene rings is 1. The van der Waals surface area contributed by atoms with E-state index in [1.165, 1.54) is 6.42 Å². The topological polar surface area (TPSA) is 53.6 Å². The first kappa shape index (κ1) is 19.7. The van der Waals surface area contributed by atoms with Crippen molar-refractivity contribution in [2.45, 2.75) is 25.3 Å². The fourth-order valence-corrected chi connectivity index (χ4v) is 2.73. The van der Waals surface area contributed by atoms with E-state index in [0.717, 1.165) is 31.7 Å². The molecule has 0 saturated carbocycles. The lowest BCUT2D eigenvalue weighted by Gasteiger charge is -2.26. The molecule has 1 fully saturated rings. The van der Waals surface area contributed by atoms with Gasteiger partial charge >= 0.3 is 0 Å². The Morgan fingerprint density at radius 1 is 1.30 bits per heavy atom. The monoisotopic (exact) mass is 341 g/mol. The predicted molar refractivity (Wildman–Crippen MR) is 95.3 cm³/mol. The summed E-state index contributed by atoms with van der Waals surface area (Å²) >= 11 is 0. The summed E-state index contributed by atoms with van der Waals surface area (Å²) < 4.78 is 5.56. The molecule has 1 saturated heterocycles. The molecule has 1 aliphatic rings. The normalized spacial score (nSPS) is 17.9. The highest BCUT2D eigenvalue weighted by Crippen LogP contribution is 2.11. The number of carbonyl (C=O) groups excluding carboxylic acids is 1. The van der Waals surface area contributed by atoms with Crippen LogP contribution in [-0.2, 0) is 4.79 Å². The lowest BCUT2D eigenvalue weighted by atomic mass is 10.1. The van der Waals surface area contributed by atoms with Crippen molar-refractivity contribution < 1.29 is 9.53 Å². The molecule has 2 rings (SSSR count). The SMILES string of the molecule is CN(CC(=O)NCCOc1ccccc1)C1CCCNCC1.Cl. The molecule has 23 heavy (non-hydrogen) atoms. The summed E-state index contributed by atoms with van der Waals surface area (Å²) in [6, 6.07) is 10.1. The Labute approximate surface area is 145 Å². The maximum Gasteiger partial charge on any atom is 0.234 e. The molecule has 0 aromatic heterocycles. The second-order valence-corrected chi connectivity index (χ2v) is 5.76. The summed E-state index contributed by atoms with van der Waals surface area (Å²) in [5, 5.41) is 6.32. The molecule has 1 amide bonds. The minimum atomic E-state index is 0. The minimum Gasteiger partial charge on any atom is -0.492 e. The molecule has 1 unspecified atom stereocenters. The number of likely N-dealkylation sites (N-methyl/N-ethyl adjacent to an activating group) is 1. The standard InChI is InChI=1S/C17H27N3O2.ClH/c1-20(15-6-5-10-18-11-9-15)14-17(21)19-12-13-22-16-7-3-2-4-8-16;/h2-4,7-8,15,18H,5-6,9-14H2,1H3,(H,19,21);1H. The average molecular weight is 342 g/mol. The third-order valence-electron chi connectivity index (χ3n) is 4.00. The van der Waals surface area contributed by atoms with Gasteiger partial charge in [0, 0.05) is 6.04 Å². The summed E-state index contributed by atoms with van der Waals surface area (Å²) in [5.41, 5.74) is 0. The van der Waals surface area contributed by atoms with Gasteiger partial charge in [0.25, 0.3) is 0 Å². The van der Waals surface area contributed by atoms with Crippen LogP contribution >= 0.6 is 12.4 Å². The molecule has 1 atom stereocenters. The van der Waals surface area contributed by atoms with Crippen LogP contribution in [0.25, 0.3) is 0 Å². The number of nitrogens with zero attached hydrogens (tertiary/aromatic N) is 1. The van der Waals surface area contributed by atoms with Crippen LogP contribution in [-0.4, -0.2) is 56.7 Å². The zero-order valence-corrected chi connectivity index (χ0v) is 14.6. The second-order valence-electron chi connectivity index (χ2n) is 5.76. The van der Waals surface area contributed by atoms with Gasteiger partial charge in [-0.25, -0.2) is 0 Å². The van der Waals surface area contributed by atoms with Crippen molar-refractivity contribution in [2.24, 2.45) is 0 Å². The smallest absolute Gasteiger partial charge is 0.234 e. The van der Waals surface area contributed by atoms with Crippen molar-refractivity contribution in [1.82, 2.24) is 15.5 Å². The molecule has 1 aromatic carbocycles. The fourth-order valence-electron chi connectivity index (χ4n) is 2.73. The van der Waals surface area contributed by atoms with Gasteiger partial charge in [0.15, 0.2) is 0 Å². The Morgan fingerprint density at radius 3 is 2.87 bits per heavy atom. The largest absolute Gasteiger partial charge is 0.492 e. The first-order valence-corrected chi connectivity index (χ1v) is 8.11. The van der Waals surface area contributed by atoms with E-state index in [4.69, 9.17) is 4.74 Å². The molecule has 6 heteroatoms. The van der Waals surface area contributed by atoms with Crippen LogP contribution in [0.3, 0.4) is 0 Å². The van der Waals surface area contributed by atoms with Gasteiger partial charge in [0.05, 0.1) is 13.1 Å². The maximum absolute atomic E-state index is 12.0. The highest BCUT2D eigenvalue weighted by molar-refractivity contribution is 5.85. The molecule has 0 spiro atoms. The Balaban J connectivity index is 0.00000264. The van der Waals surface area contributed by atoms with Crippen molar-refractivity contribution in [2.75, 3.05) is 39.8 Å². The maximum atomic E-state index is 12.0. The lowest BCUT2D eigenvalue weighted by molar-refractivity contribution is -0.122. The van der Waals surface area contributed by atoms with Crippen LogP contribution in [0.4, 0.5) is 0 Å². The number of rotatable bonds is 7. The molecule has 1 heterocycles. The second kappa shape index (κ2) is 11.3. The minimum absolute atomic E-state index is 0. The van der Waals surface area contributed by atoms with Crippen molar-refractivity contribution in [3.63, 3.8) is 0 Å². The van der Waals surface area contributed by atoms with E-state index in [0.29, 0.717) is 25.7 Å².